The Morgan fingerprint density at radius 3 is 2.83 bits per heavy atom. The normalized spacial score (nSPS) is 10.2. The summed E-state index contributed by atoms with van der Waals surface area (Å²) in [7, 11) is 0. The maximum absolute atomic E-state index is 13.3. The molecule has 0 aliphatic rings. The molecule has 100 valence electrons. The van der Waals surface area contributed by atoms with Crippen LogP contribution in [-0.2, 0) is 4.74 Å². The van der Waals surface area contributed by atoms with Gasteiger partial charge in [-0.1, -0.05) is 0 Å². The molecule has 3 nitrogen and oxygen atoms in total. The molecule has 0 unspecified atom stereocenters. The van der Waals surface area contributed by atoms with E-state index < -0.39 is 11.6 Å². The number of rotatable bonds is 6. The molecular formula is C12H16F2N2OS. The number of hydrogen-bond acceptors (Lipinski definition) is 2. The number of nitrogens with one attached hydrogen (secondary N) is 2. The summed E-state index contributed by atoms with van der Waals surface area (Å²) >= 11 is 4.98. The Labute approximate surface area is 111 Å². The van der Waals surface area contributed by atoms with Gasteiger partial charge in [0.15, 0.2) is 5.11 Å². The predicted molar refractivity (Wildman–Crippen MR) is 71.7 cm³/mol. The summed E-state index contributed by atoms with van der Waals surface area (Å²) in [6, 6.07) is 3.28. The highest BCUT2D eigenvalue weighted by atomic mass is 32.1. The van der Waals surface area contributed by atoms with E-state index in [0.717, 1.165) is 12.5 Å². The summed E-state index contributed by atoms with van der Waals surface area (Å²) < 4.78 is 31.1. The van der Waals surface area contributed by atoms with Crippen molar-refractivity contribution in [1.82, 2.24) is 5.32 Å². The van der Waals surface area contributed by atoms with Crippen LogP contribution < -0.4 is 10.6 Å². The molecule has 0 saturated carbocycles. The zero-order chi connectivity index (χ0) is 13.4. The summed E-state index contributed by atoms with van der Waals surface area (Å²) in [6.45, 7) is 3.89. The van der Waals surface area contributed by atoms with Crippen molar-refractivity contribution in [2.45, 2.75) is 13.3 Å². The van der Waals surface area contributed by atoms with Gasteiger partial charge in [-0.15, -0.1) is 0 Å². The Bertz CT molecular complexity index is 402. The van der Waals surface area contributed by atoms with E-state index in [9.17, 15) is 8.78 Å². The fourth-order valence-electron chi connectivity index (χ4n) is 1.28. The molecule has 0 heterocycles. The van der Waals surface area contributed by atoms with Crippen LogP contribution in [0.2, 0.25) is 0 Å². The van der Waals surface area contributed by atoms with Crippen LogP contribution in [0.1, 0.15) is 13.3 Å². The standard InChI is InChI=1S/C12H16F2N2OS/c1-2-17-7-3-6-15-12(18)16-11-5-4-9(13)8-10(11)14/h4-5,8H,2-3,6-7H2,1H3,(H2,15,16,18). The van der Waals surface area contributed by atoms with Crippen LogP contribution in [0.4, 0.5) is 14.5 Å². The first kappa shape index (κ1) is 14.8. The van der Waals surface area contributed by atoms with Crippen LogP contribution in [0.15, 0.2) is 18.2 Å². The zero-order valence-corrected chi connectivity index (χ0v) is 10.9. The monoisotopic (exact) mass is 274 g/mol. The molecule has 0 saturated heterocycles. The molecule has 2 N–H and O–H groups in total. The van der Waals surface area contributed by atoms with Gasteiger partial charge in [-0.3, -0.25) is 0 Å². The maximum atomic E-state index is 13.3. The van der Waals surface area contributed by atoms with Crippen LogP contribution in [0.5, 0.6) is 0 Å². The smallest absolute Gasteiger partial charge is 0.170 e. The molecule has 0 atom stereocenters. The Hall–Kier alpha value is -1.27. The predicted octanol–water partition coefficient (Wildman–Crippen LogP) is 2.68. The first-order valence-electron chi connectivity index (χ1n) is 5.71. The minimum Gasteiger partial charge on any atom is -0.382 e. The van der Waals surface area contributed by atoms with Crippen LogP contribution in [0.25, 0.3) is 0 Å². The van der Waals surface area contributed by atoms with Crippen molar-refractivity contribution in [3.8, 4) is 0 Å². The molecule has 0 aliphatic heterocycles. The highest BCUT2D eigenvalue weighted by molar-refractivity contribution is 7.80. The van der Waals surface area contributed by atoms with E-state index in [4.69, 9.17) is 17.0 Å². The number of ether oxygens (including phenoxy) is 1. The molecule has 18 heavy (non-hydrogen) atoms. The summed E-state index contributed by atoms with van der Waals surface area (Å²) in [6.07, 6.45) is 0.807. The van der Waals surface area contributed by atoms with Gasteiger partial charge in [0.05, 0.1) is 5.69 Å². The topological polar surface area (TPSA) is 33.3 Å². The average molecular weight is 274 g/mol. The first-order chi connectivity index (χ1) is 8.63. The molecule has 0 aliphatic carbocycles. The fourth-order valence-corrected chi connectivity index (χ4v) is 1.49. The van der Waals surface area contributed by atoms with Gasteiger partial charge in [0, 0.05) is 25.8 Å². The molecule has 0 radical (unpaired) electrons. The van der Waals surface area contributed by atoms with Gasteiger partial charge in [0.25, 0.3) is 0 Å². The third kappa shape index (κ3) is 5.37. The number of anilines is 1. The molecule has 1 aromatic rings. The van der Waals surface area contributed by atoms with Crippen LogP contribution in [0, 0.1) is 11.6 Å². The van der Waals surface area contributed by atoms with Gasteiger partial charge in [0.2, 0.25) is 0 Å². The van der Waals surface area contributed by atoms with Crippen molar-refractivity contribution in [3.63, 3.8) is 0 Å². The van der Waals surface area contributed by atoms with Gasteiger partial charge in [-0.25, -0.2) is 8.78 Å². The van der Waals surface area contributed by atoms with Crippen molar-refractivity contribution in [2.75, 3.05) is 25.1 Å². The Balaban J connectivity index is 2.31. The van der Waals surface area contributed by atoms with Crippen LogP contribution in [-0.4, -0.2) is 24.9 Å². The van der Waals surface area contributed by atoms with Gasteiger partial charge >= 0.3 is 0 Å². The summed E-state index contributed by atoms with van der Waals surface area (Å²) in [5.74, 6) is -1.29. The third-order valence-electron chi connectivity index (χ3n) is 2.13. The quantitative estimate of drug-likeness (QED) is 0.617. The lowest BCUT2D eigenvalue weighted by Gasteiger charge is -2.11. The van der Waals surface area contributed by atoms with Gasteiger partial charge < -0.3 is 15.4 Å². The average Bonchev–Trinajstić information content (AvgIpc) is 2.32. The van der Waals surface area contributed by atoms with Crippen molar-refractivity contribution >= 4 is 23.0 Å². The molecule has 0 bridgehead atoms. The van der Waals surface area contributed by atoms with Crippen molar-refractivity contribution in [2.24, 2.45) is 0 Å². The highest BCUT2D eigenvalue weighted by Gasteiger charge is 2.04. The minimum absolute atomic E-state index is 0.152. The van der Waals surface area contributed by atoms with E-state index in [2.05, 4.69) is 10.6 Å². The molecule has 6 heteroatoms. The van der Waals surface area contributed by atoms with E-state index >= 15 is 0 Å². The molecule has 1 rings (SSSR count). The van der Waals surface area contributed by atoms with E-state index in [0.29, 0.717) is 24.9 Å². The van der Waals surface area contributed by atoms with E-state index in [1.807, 2.05) is 6.92 Å². The second-order valence-electron chi connectivity index (χ2n) is 3.56. The maximum Gasteiger partial charge on any atom is 0.170 e. The third-order valence-corrected chi connectivity index (χ3v) is 2.38. The second-order valence-corrected chi connectivity index (χ2v) is 3.96. The summed E-state index contributed by atoms with van der Waals surface area (Å²) in [5, 5.41) is 5.88. The number of benzene rings is 1. The number of hydrogen-bond donors (Lipinski definition) is 2. The van der Waals surface area contributed by atoms with Crippen molar-refractivity contribution in [1.29, 1.82) is 0 Å². The van der Waals surface area contributed by atoms with E-state index in [1.165, 1.54) is 12.1 Å². The van der Waals surface area contributed by atoms with Crippen LogP contribution >= 0.6 is 12.2 Å². The second kappa shape index (κ2) is 7.94. The zero-order valence-electron chi connectivity index (χ0n) is 10.1. The molecule has 0 spiro atoms. The first-order valence-corrected chi connectivity index (χ1v) is 6.12. The van der Waals surface area contributed by atoms with Gasteiger partial charge in [0.1, 0.15) is 11.6 Å². The van der Waals surface area contributed by atoms with Gasteiger partial charge in [-0.05, 0) is 37.7 Å². The molecule has 1 aromatic carbocycles. The van der Waals surface area contributed by atoms with Gasteiger partial charge in [-0.2, -0.15) is 0 Å². The Morgan fingerprint density at radius 2 is 2.17 bits per heavy atom. The number of thiocarbonyl (C=S) groups is 1. The van der Waals surface area contributed by atoms with Crippen LogP contribution in [0.3, 0.4) is 0 Å². The highest BCUT2D eigenvalue weighted by Crippen LogP contribution is 2.14. The minimum atomic E-state index is -0.673. The SMILES string of the molecule is CCOCCCNC(=S)Nc1ccc(F)cc1F. The van der Waals surface area contributed by atoms with Crippen molar-refractivity contribution in [3.05, 3.63) is 29.8 Å². The molecule has 0 aromatic heterocycles. The summed E-state index contributed by atoms with van der Waals surface area (Å²) in [4.78, 5) is 0. The van der Waals surface area contributed by atoms with E-state index in [-0.39, 0.29) is 5.69 Å². The van der Waals surface area contributed by atoms with E-state index in [1.54, 1.807) is 0 Å². The van der Waals surface area contributed by atoms with Crippen molar-refractivity contribution < 1.29 is 13.5 Å². The fraction of sp³-hybridized carbons (Fsp3) is 0.417. The Morgan fingerprint density at radius 1 is 1.39 bits per heavy atom. The Kier molecular flexibility index (Phi) is 6.53. The lowest BCUT2D eigenvalue weighted by atomic mass is 10.3. The molecular weight excluding hydrogens is 258 g/mol. The molecule has 0 amide bonds. The largest absolute Gasteiger partial charge is 0.382 e. The molecule has 0 fully saturated rings. The summed E-state index contributed by atoms with van der Waals surface area (Å²) in [5.41, 5.74) is 0.152. The lowest BCUT2D eigenvalue weighted by Crippen LogP contribution is -2.30. The number of halogens is 2. The lowest BCUT2D eigenvalue weighted by molar-refractivity contribution is 0.146.